The van der Waals surface area contributed by atoms with Crippen molar-refractivity contribution in [2.45, 2.75) is 6.54 Å². The molecule has 0 aliphatic carbocycles. The number of benzene rings is 2. The van der Waals surface area contributed by atoms with Crippen LogP contribution in [0.25, 0.3) is 6.08 Å². The van der Waals surface area contributed by atoms with Crippen molar-refractivity contribution in [2.75, 3.05) is 0 Å². The molecule has 2 aromatic carbocycles. The van der Waals surface area contributed by atoms with Crippen LogP contribution >= 0.6 is 0 Å². The predicted octanol–water partition coefficient (Wildman–Crippen LogP) is 2.62. The van der Waals surface area contributed by atoms with Crippen LogP contribution in [0.5, 0.6) is 5.75 Å². The van der Waals surface area contributed by atoms with Gasteiger partial charge in [-0.15, -0.1) is 0 Å². The number of hydrogen-bond donors (Lipinski definition) is 2. The number of nitrogens with zero attached hydrogens (tertiary/aromatic N) is 1. The molecule has 0 aliphatic heterocycles. The second kappa shape index (κ2) is 6.92. The number of amides is 1. The molecule has 2 aromatic rings. The maximum absolute atomic E-state index is 12.0. The first-order chi connectivity index (χ1) is 10.2. The van der Waals surface area contributed by atoms with Crippen molar-refractivity contribution in [1.82, 2.24) is 5.32 Å². The van der Waals surface area contributed by atoms with Gasteiger partial charge in [0, 0.05) is 12.1 Å². The van der Waals surface area contributed by atoms with Crippen LogP contribution in [0.3, 0.4) is 0 Å². The lowest BCUT2D eigenvalue weighted by molar-refractivity contribution is -0.117. The minimum Gasteiger partial charge on any atom is -0.507 e. The van der Waals surface area contributed by atoms with E-state index in [1.54, 1.807) is 18.2 Å². The van der Waals surface area contributed by atoms with Gasteiger partial charge in [-0.25, -0.2) is 0 Å². The lowest BCUT2D eigenvalue weighted by Gasteiger charge is -2.05. The Kier molecular flexibility index (Phi) is 4.73. The fourth-order valence-electron chi connectivity index (χ4n) is 1.79. The molecule has 2 N–H and O–H groups in total. The number of rotatable bonds is 4. The monoisotopic (exact) mass is 278 g/mol. The first-order valence-electron chi connectivity index (χ1n) is 6.42. The molecule has 2 rings (SSSR count). The molecular weight excluding hydrogens is 264 g/mol. The third kappa shape index (κ3) is 3.95. The fraction of sp³-hybridized carbons (Fsp3) is 0.0588. The summed E-state index contributed by atoms with van der Waals surface area (Å²) in [6, 6.07) is 17.8. The van der Waals surface area contributed by atoms with Crippen LogP contribution in [0.4, 0.5) is 0 Å². The maximum Gasteiger partial charge on any atom is 0.262 e. The van der Waals surface area contributed by atoms with Gasteiger partial charge in [0.15, 0.2) is 0 Å². The largest absolute Gasteiger partial charge is 0.507 e. The third-order valence-electron chi connectivity index (χ3n) is 2.90. The van der Waals surface area contributed by atoms with Crippen LogP contribution in [-0.4, -0.2) is 11.0 Å². The molecule has 0 aliphatic rings. The van der Waals surface area contributed by atoms with Crippen LogP contribution in [0, 0.1) is 11.3 Å². The number of nitriles is 1. The van der Waals surface area contributed by atoms with Crippen molar-refractivity contribution in [3.63, 3.8) is 0 Å². The highest BCUT2D eigenvalue weighted by atomic mass is 16.3. The number of phenols is 1. The van der Waals surface area contributed by atoms with Gasteiger partial charge in [0.25, 0.3) is 5.91 Å². The van der Waals surface area contributed by atoms with Crippen LogP contribution < -0.4 is 5.32 Å². The van der Waals surface area contributed by atoms with Crippen molar-refractivity contribution in [1.29, 1.82) is 5.26 Å². The number of carbonyl (C=O) groups is 1. The molecule has 104 valence electrons. The van der Waals surface area contributed by atoms with Crippen LogP contribution in [0.1, 0.15) is 11.1 Å². The Morgan fingerprint density at radius 3 is 2.48 bits per heavy atom. The van der Waals surface area contributed by atoms with Gasteiger partial charge < -0.3 is 10.4 Å². The smallest absolute Gasteiger partial charge is 0.262 e. The quantitative estimate of drug-likeness (QED) is 0.667. The zero-order valence-electron chi connectivity index (χ0n) is 11.3. The predicted molar refractivity (Wildman–Crippen MR) is 80.0 cm³/mol. The van der Waals surface area contributed by atoms with E-state index in [9.17, 15) is 9.90 Å². The average Bonchev–Trinajstić information content (AvgIpc) is 2.53. The highest BCUT2D eigenvalue weighted by molar-refractivity contribution is 6.01. The number of hydrogen-bond acceptors (Lipinski definition) is 3. The Balaban J connectivity index is 2.09. The summed E-state index contributed by atoms with van der Waals surface area (Å²) >= 11 is 0. The molecule has 0 radical (unpaired) electrons. The molecule has 0 fully saturated rings. The molecule has 0 aromatic heterocycles. The number of phenolic OH excluding ortho intramolecular Hbond substituents is 1. The van der Waals surface area contributed by atoms with Crippen molar-refractivity contribution < 1.29 is 9.90 Å². The van der Waals surface area contributed by atoms with Gasteiger partial charge in [-0.05, 0) is 17.7 Å². The van der Waals surface area contributed by atoms with Crippen LogP contribution in [-0.2, 0) is 11.3 Å². The molecule has 0 atom stereocenters. The summed E-state index contributed by atoms with van der Waals surface area (Å²) < 4.78 is 0. The van der Waals surface area contributed by atoms with E-state index in [0.717, 1.165) is 5.56 Å². The molecule has 1 amide bonds. The number of carbonyl (C=O) groups excluding carboxylic acids is 1. The molecule has 0 bridgehead atoms. The molecule has 0 saturated heterocycles. The number of aromatic hydroxyl groups is 1. The SMILES string of the molecule is N#C/C(=C\c1ccccc1O)C(=O)NCc1ccccc1. The van der Waals surface area contributed by atoms with Crippen molar-refractivity contribution in [2.24, 2.45) is 0 Å². The van der Waals surface area contributed by atoms with Gasteiger partial charge in [0.2, 0.25) is 0 Å². The Morgan fingerprint density at radius 1 is 1.14 bits per heavy atom. The molecule has 0 heterocycles. The van der Waals surface area contributed by atoms with E-state index in [4.69, 9.17) is 5.26 Å². The topological polar surface area (TPSA) is 73.1 Å². The lowest BCUT2D eigenvalue weighted by Crippen LogP contribution is -2.23. The molecule has 0 unspecified atom stereocenters. The third-order valence-corrected chi connectivity index (χ3v) is 2.90. The van der Waals surface area contributed by atoms with E-state index in [2.05, 4.69) is 5.32 Å². The summed E-state index contributed by atoms with van der Waals surface area (Å²) in [5.41, 5.74) is 1.34. The maximum atomic E-state index is 12.0. The highest BCUT2D eigenvalue weighted by Crippen LogP contribution is 2.18. The van der Waals surface area contributed by atoms with E-state index >= 15 is 0 Å². The normalized spacial score (nSPS) is 10.7. The number of para-hydroxylation sites is 1. The van der Waals surface area contributed by atoms with Gasteiger partial charge in [-0.2, -0.15) is 5.26 Å². The Morgan fingerprint density at radius 2 is 1.81 bits per heavy atom. The molecule has 4 nitrogen and oxygen atoms in total. The minimum absolute atomic E-state index is 0.0288. The van der Waals surface area contributed by atoms with Gasteiger partial charge >= 0.3 is 0 Å². The zero-order chi connectivity index (χ0) is 15.1. The average molecular weight is 278 g/mol. The van der Waals surface area contributed by atoms with E-state index in [-0.39, 0.29) is 11.3 Å². The van der Waals surface area contributed by atoms with Crippen molar-refractivity contribution in [3.05, 3.63) is 71.3 Å². The highest BCUT2D eigenvalue weighted by Gasteiger charge is 2.09. The summed E-state index contributed by atoms with van der Waals surface area (Å²) in [7, 11) is 0. The molecule has 4 heteroatoms. The summed E-state index contributed by atoms with van der Waals surface area (Å²) in [6.07, 6.45) is 1.37. The second-order valence-electron chi connectivity index (χ2n) is 4.40. The molecular formula is C17H14N2O2. The first-order valence-corrected chi connectivity index (χ1v) is 6.42. The Labute approximate surface area is 123 Å². The zero-order valence-corrected chi connectivity index (χ0v) is 11.3. The van der Waals surface area contributed by atoms with Gasteiger partial charge in [-0.3, -0.25) is 4.79 Å². The van der Waals surface area contributed by atoms with E-state index < -0.39 is 5.91 Å². The minimum atomic E-state index is -0.468. The first kappa shape index (κ1) is 14.4. The summed E-state index contributed by atoms with van der Waals surface area (Å²) in [5.74, 6) is -0.439. The van der Waals surface area contributed by atoms with Crippen molar-refractivity contribution >= 4 is 12.0 Å². The van der Waals surface area contributed by atoms with Crippen LogP contribution in [0.2, 0.25) is 0 Å². The second-order valence-corrected chi connectivity index (χ2v) is 4.40. The van der Waals surface area contributed by atoms with Gasteiger partial charge in [0.1, 0.15) is 17.4 Å². The molecule has 0 saturated carbocycles. The standard InChI is InChI=1S/C17H14N2O2/c18-11-15(10-14-8-4-5-9-16(14)20)17(21)19-12-13-6-2-1-3-7-13/h1-10,20H,12H2,(H,19,21)/b15-10+. The van der Waals surface area contributed by atoms with Crippen LogP contribution in [0.15, 0.2) is 60.2 Å². The molecule has 21 heavy (non-hydrogen) atoms. The Hall–Kier alpha value is -3.06. The number of nitrogens with one attached hydrogen (secondary N) is 1. The van der Waals surface area contributed by atoms with Gasteiger partial charge in [-0.1, -0.05) is 48.5 Å². The van der Waals surface area contributed by atoms with E-state index in [1.165, 1.54) is 12.1 Å². The Bertz CT molecular complexity index is 700. The summed E-state index contributed by atoms with van der Waals surface area (Å²) in [6.45, 7) is 0.347. The van der Waals surface area contributed by atoms with E-state index in [1.807, 2.05) is 36.4 Å². The van der Waals surface area contributed by atoms with Gasteiger partial charge in [0.05, 0.1) is 0 Å². The fourth-order valence-corrected chi connectivity index (χ4v) is 1.79. The summed E-state index contributed by atoms with van der Waals surface area (Å²) in [4.78, 5) is 12.0. The van der Waals surface area contributed by atoms with E-state index in [0.29, 0.717) is 12.1 Å². The lowest BCUT2D eigenvalue weighted by atomic mass is 10.1. The van der Waals surface area contributed by atoms with Crippen molar-refractivity contribution in [3.8, 4) is 11.8 Å². The summed E-state index contributed by atoms with van der Waals surface area (Å²) in [5, 5.41) is 21.4. The molecule has 0 spiro atoms.